The molecule has 0 aliphatic rings. The van der Waals surface area contributed by atoms with Crippen molar-refractivity contribution in [3.63, 3.8) is 0 Å². The van der Waals surface area contributed by atoms with Gasteiger partial charge in [-0.1, -0.05) is 17.7 Å². The number of nitrogens with zero attached hydrogens (tertiary/aromatic N) is 1. The van der Waals surface area contributed by atoms with Crippen molar-refractivity contribution in [2.45, 2.75) is 20.4 Å². The van der Waals surface area contributed by atoms with Crippen molar-refractivity contribution in [1.82, 2.24) is 4.90 Å². The predicted molar refractivity (Wildman–Crippen MR) is 75.3 cm³/mol. The average Bonchev–Trinajstić information content (AvgIpc) is 2.84. The normalized spacial score (nSPS) is 10.9. The van der Waals surface area contributed by atoms with Crippen LogP contribution in [0.5, 0.6) is 0 Å². The lowest BCUT2D eigenvalue weighted by molar-refractivity contribution is 0.0942. The Morgan fingerprint density at radius 2 is 2.05 bits per heavy atom. The molecular formula is C16H19NO2. The summed E-state index contributed by atoms with van der Waals surface area (Å²) >= 11 is 0. The molecule has 3 nitrogen and oxygen atoms in total. The van der Waals surface area contributed by atoms with E-state index in [-0.39, 0.29) is 5.78 Å². The molecule has 2 rings (SSSR count). The summed E-state index contributed by atoms with van der Waals surface area (Å²) in [5.41, 5.74) is 4.05. The van der Waals surface area contributed by atoms with E-state index in [1.54, 1.807) is 12.5 Å². The monoisotopic (exact) mass is 257 g/mol. The van der Waals surface area contributed by atoms with Crippen molar-refractivity contribution in [2.24, 2.45) is 0 Å². The van der Waals surface area contributed by atoms with E-state index >= 15 is 0 Å². The number of hydrogen-bond donors (Lipinski definition) is 0. The molecule has 2 aromatic rings. The standard InChI is InChI=1S/C16H19NO2/c1-12-4-5-13(2)15(8-12)16(18)10-17(3)9-14-6-7-19-11-14/h4-8,11H,9-10H2,1-3H3. The lowest BCUT2D eigenvalue weighted by atomic mass is 10.0. The molecule has 0 aliphatic heterocycles. The summed E-state index contributed by atoms with van der Waals surface area (Å²) in [6.45, 7) is 5.11. The number of Topliss-reactive ketones (excluding diaryl/α,β-unsaturated/α-hetero) is 1. The summed E-state index contributed by atoms with van der Waals surface area (Å²) < 4.78 is 5.03. The van der Waals surface area contributed by atoms with Crippen molar-refractivity contribution in [1.29, 1.82) is 0 Å². The van der Waals surface area contributed by atoms with Crippen molar-refractivity contribution in [3.05, 3.63) is 59.0 Å². The molecule has 0 saturated carbocycles. The van der Waals surface area contributed by atoms with Gasteiger partial charge in [-0.25, -0.2) is 0 Å². The average molecular weight is 257 g/mol. The molecule has 0 saturated heterocycles. The quantitative estimate of drug-likeness (QED) is 0.771. The van der Waals surface area contributed by atoms with Crippen LogP contribution in [0.1, 0.15) is 27.0 Å². The van der Waals surface area contributed by atoms with Crippen LogP contribution < -0.4 is 0 Å². The number of carbonyl (C=O) groups is 1. The van der Waals surface area contributed by atoms with Crippen LogP contribution in [0.2, 0.25) is 0 Å². The van der Waals surface area contributed by atoms with Gasteiger partial charge in [-0.15, -0.1) is 0 Å². The van der Waals surface area contributed by atoms with Gasteiger partial charge in [-0.05, 0) is 38.6 Å². The summed E-state index contributed by atoms with van der Waals surface area (Å²) in [5, 5.41) is 0. The molecule has 100 valence electrons. The Morgan fingerprint density at radius 3 is 2.74 bits per heavy atom. The highest BCUT2D eigenvalue weighted by molar-refractivity contribution is 5.99. The topological polar surface area (TPSA) is 33.5 Å². The van der Waals surface area contributed by atoms with Gasteiger partial charge in [0.15, 0.2) is 5.78 Å². The first-order chi connectivity index (χ1) is 9.06. The van der Waals surface area contributed by atoms with Gasteiger partial charge in [0.2, 0.25) is 0 Å². The minimum Gasteiger partial charge on any atom is -0.472 e. The number of rotatable bonds is 5. The van der Waals surface area contributed by atoms with Gasteiger partial charge in [-0.3, -0.25) is 9.69 Å². The second-order valence-electron chi connectivity index (χ2n) is 5.05. The van der Waals surface area contributed by atoms with Gasteiger partial charge in [0.25, 0.3) is 0 Å². The fourth-order valence-electron chi connectivity index (χ4n) is 2.12. The van der Waals surface area contributed by atoms with E-state index in [9.17, 15) is 4.79 Å². The van der Waals surface area contributed by atoms with Crippen LogP contribution in [0.4, 0.5) is 0 Å². The summed E-state index contributed by atoms with van der Waals surface area (Å²) in [7, 11) is 1.94. The molecule has 0 atom stereocenters. The van der Waals surface area contributed by atoms with Gasteiger partial charge in [0.1, 0.15) is 0 Å². The van der Waals surface area contributed by atoms with E-state index in [2.05, 4.69) is 0 Å². The molecule has 3 heteroatoms. The maximum atomic E-state index is 12.3. The minimum absolute atomic E-state index is 0.159. The Balaban J connectivity index is 2.02. The summed E-state index contributed by atoms with van der Waals surface area (Å²) in [6.07, 6.45) is 3.36. The number of benzene rings is 1. The number of aryl methyl sites for hydroxylation is 2. The van der Waals surface area contributed by atoms with E-state index in [4.69, 9.17) is 4.42 Å². The number of carbonyl (C=O) groups excluding carboxylic acids is 1. The van der Waals surface area contributed by atoms with Crippen molar-refractivity contribution < 1.29 is 9.21 Å². The van der Waals surface area contributed by atoms with Crippen LogP contribution in [0.25, 0.3) is 0 Å². The van der Waals surface area contributed by atoms with Crippen molar-refractivity contribution in [2.75, 3.05) is 13.6 Å². The first-order valence-electron chi connectivity index (χ1n) is 6.36. The zero-order valence-electron chi connectivity index (χ0n) is 11.6. The largest absolute Gasteiger partial charge is 0.472 e. The van der Waals surface area contributed by atoms with Crippen LogP contribution in [-0.4, -0.2) is 24.3 Å². The molecule has 19 heavy (non-hydrogen) atoms. The van der Waals surface area contributed by atoms with E-state index in [1.165, 1.54) is 0 Å². The Kier molecular flexibility index (Phi) is 4.17. The van der Waals surface area contributed by atoms with E-state index < -0.39 is 0 Å². The highest BCUT2D eigenvalue weighted by Crippen LogP contribution is 2.12. The molecule has 0 radical (unpaired) electrons. The van der Waals surface area contributed by atoms with Gasteiger partial charge >= 0.3 is 0 Å². The number of ketones is 1. The Morgan fingerprint density at radius 1 is 1.26 bits per heavy atom. The van der Waals surface area contributed by atoms with E-state index in [0.29, 0.717) is 13.1 Å². The van der Waals surface area contributed by atoms with Crippen LogP contribution in [-0.2, 0) is 6.54 Å². The molecule has 0 spiro atoms. The number of hydrogen-bond acceptors (Lipinski definition) is 3. The lowest BCUT2D eigenvalue weighted by Crippen LogP contribution is -2.25. The molecule has 1 aromatic carbocycles. The maximum absolute atomic E-state index is 12.3. The first-order valence-corrected chi connectivity index (χ1v) is 6.36. The lowest BCUT2D eigenvalue weighted by Gasteiger charge is -2.15. The van der Waals surface area contributed by atoms with Crippen LogP contribution in [0.15, 0.2) is 41.2 Å². The fourth-order valence-corrected chi connectivity index (χ4v) is 2.12. The highest BCUT2D eigenvalue weighted by atomic mass is 16.3. The Labute approximate surface area is 113 Å². The van der Waals surface area contributed by atoms with Crippen molar-refractivity contribution >= 4 is 5.78 Å². The fraction of sp³-hybridized carbons (Fsp3) is 0.312. The van der Waals surface area contributed by atoms with Gasteiger partial charge in [-0.2, -0.15) is 0 Å². The summed E-state index contributed by atoms with van der Waals surface area (Å²) in [5.74, 6) is 0.159. The van der Waals surface area contributed by atoms with Gasteiger partial charge in [0.05, 0.1) is 19.1 Å². The molecule has 0 fully saturated rings. The SMILES string of the molecule is Cc1ccc(C)c(C(=O)CN(C)Cc2ccoc2)c1. The smallest absolute Gasteiger partial charge is 0.177 e. The third kappa shape index (κ3) is 3.55. The molecule has 0 aliphatic carbocycles. The third-order valence-corrected chi connectivity index (χ3v) is 3.14. The second-order valence-corrected chi connectivity index (χ2v) is 5.05. The second kappa shape index (κ2) is 5.85. The van der Waals surface area contributed by atoms with Gasteiger partial charge < -0.3 is 4.42 Å². The molecule has 0 amide bonds. The molecule has 1 aromatic heterocycles. The third-order valence-electron chi connectivity index (χ3n) is 3.14. The zero-order valence-corrected chi connectivity index (χ0v) is 11.6. The van der Waals surface area contributed by atoms with Crippen LogP contribution in [0, 0.1) is 13.8 Å². The number of furan rings is 1. The van der Waals surface area contributed by atoms with E-state index in [1.807, 2.05) is 50.1 Å². The zero-order chi connectivity index (χ0) is 13.8. The Bertz CT molecular complexity index is 558. The molecular weight excluding hydrogens is 238 g/mol. The van der Waals surface area contributed by atoms with Crippen LogP contribution >= 0.6 is 0 Å². The number of likely N-dealkylation sites (N-methyl/N-ethyl adjacent to an activating group) is 1. The summed E-state index contributed by atoms with van der Waals surface area (Å²) in [4.78, 5) is 14.3. The Hall–Kier alpha value is -1.87. The highest BCUT2D eigenvalue weighted by Gasteiger charge is 2.12. The predicted octanol–water partition coefficient (Wildman–Crippen LogP) is 3.21. The van der Waals surface area contributed by atoms with Crippen molar-refractivity contribution in [3.8, 4) is 0 Å². The molecule has 0 unspecified atom stereocenters. The van der Waals surface area contributed by atoms with E-state index in [0.717, 1.165) is 22.3 Å². The summed E-state index contributed by atoms with van der Waals surface area (Å²) in [6, 6.07) is 7.90. The molecule has 1 heterocycles. The maximum Gasteiger partial charge on any atom is 0.177 e. The van der Waals surface area contributed by atoms with Crippen LogP contribution in [0.3, 0.4) is 0 Å². The van der Waals surface area contributed by atoms with Gasteiger partial charge in [0, 0.05) is 17.7 Å². The molecule has 0 N–H and O–H groups in total. The minimum atomic E-state index is 0.159. The first kappa shape index (κ1) is 13.6. The molecule has 0 bridgehead atoms.